The Labute approximate surface area is 246 Å². The summed E-state index contributed by atoms with van der Waals surface area (Å²) in [6, 6.07) is 18.4. The number of allylic oxidation sites excluding steroid dienone is 2. The van der Waals surface area contributed by atoms with E-state index in [1.165, 1.54) is 42.5 Å². The SMILES string of the molecule is C[C@@H]1C=CC[C@H]2C(=O)N(N(CC(=O)c3ccc(OC(=O)c4ccccc4)cc3)C(=O)c3ccc(Cl)cc3Cl)C(=O)[C@H]12. The fraction of sp³-hybridized carbons (Fsp3) is 0.194. The van der Waals surface area contributed by atoms with Gasteiger partial charge < -0.3 is 4.74 Å². The van der Waals surface area contributed by atoms with Crippen molar-refractivity contribution in [3.63, 3.8) is 0 Å². The van der Waals surface area contributed by atoms with E-state index in [1.807, 2.05) is 19.1 Å². The highest BCUT2D eigenvalue weighted by Crippen LogP contribution is 2.39. The molecule has 0 unspecified atom stereocenters. The number of rotatable bonds is 7. The Morgan fingerprint density at radius 1 is 0.927 bits per heavy atom. The molecular weight excluding hydrogens is 567 g/mol. The molecule has 0 saturated carbocycles. The molecule has 1 heterocycles. The first-order valence-corrected chi connectivity index (χ1v) is 13.6. The molecule has 1 aliphatic heterocycles. The molecule has 1 saturated heterocycles. The van der Waals surface area contributed by atoms with E-state index in [0.717, 1.165) is 10.0 Å². The van der Waals surface area contributed by atoms with E-state index >= 15 is 0 Å². The molecule has 0 aromatic heterocycles. The Hall–Kier alpha value is -4.27. The number of Topliss-reactive ketones (excluding diaryl/α,β-unsaturated/α-hetero) is 1. The summed E-state index contributed by atoms with van der Waals surface area (Å²) >= 11 is 12.3. The zero-order chi connectivity index (χ0) is 29.3. The van der Waals surface area contributed by atoms with Crippen molar-refractivity contribution in [2.45, 2.75) is 13.3 Å². The Morgan fingerprint density at radius 2 is 1.63 bits per heavy atom. The maximum atomic E-state index is 13.7. The first-order valence-electron chi connectivity index (χ1n) is 12.9. The van der Waals surface area contributed by atoms with E-state index in [2.05, 4.69) is 0 Å². The van der Waals surface area contributed by atoms with Gasteiger partial charge >= 0.3 is 5.97 Å². The lowest BCUT2D eigenvalue weighted by molar-refractivity contribution is -0.154. The van der Waals surface area contributed by atoms with Crippen LogP contribution in [0.1, 0.15) is 44.4 Å². The third-order valence-corrected chi connectivity index (χ3v) is 7.72. The summed E-state index contributed by atoms with van der Waals surface area (Å²) in [6.45, 7) is 1.22. The van der Waals surface area contributed by atoms with Crippen molar-refractivity contribution in [1.82, 2.24) is 10.0 Å². The van der Waals surface area contributed by atoms with Crippen molar-refractivity contribution in [1.29, 1.82) is 0 Å². The standard InChI is InChI=1S/C31H24Cl2N2O6/c1-18-6-5-9-24-27(18)30(39)35(29(24)38)34(28(37)23-15-12-21(32)16-25(23)33)17-26(36)19-10-13-22(14-11-19)41-31(40)20-7-3-2-4-8-20/h2-8,10-16,18,24,27H,9,17H2,1H3/t18-,24-,27-/m1/s1. The van der Waals surface area contributed by atoms with Crippen LogP contribution in [0.2, 0.25) is 10.0 Å². The minimum absolute atomic E-state index is 0.0103. The lowest BCUT2D eigenvalue weighted by Gasteiger charge is -2.30. The van der Waals surface area contributed by atoms with Crippen molar-refractivity contribution >= 4 is 52.7 Å². The van der Waals surface area contributed by atoms with Crippen molar-refractivity contribution in [3.8, 4) is 5.75 Å². The minimum atomic E-state index is -0.797. The average molecular weight is 591 g/mol. The number of ether oxygens (including phenoxy) is 1. The van der Waals surface area contributed by atoms with Crippen LogP contribution in [-0.2, 0) is 9.59 Å². The number of hydrogen-bond donors (Lipinski definition) is 0. The van der Waals surface area contributed by atoms with Crippen molar-refractivity contribution in [2.24, 2.45) is 17.8 Å². The zero-order valence-electron chi connectivity index (χ0n) is 21.8. The van der Waals surface area contributed by atoms with Gasteiger partial charge in [-0.15, -0.1) is 0 Å². The minimum Gasteiger partial charge on any atom is -0.423 e. The first-order chi connectivity index (χ1) is 19.7. The van der Waals surface area contributed by atoms with Crippen LogP contribution in [-0.4, -0.2) is 46.0 Å². The molecule has 0 N–H and O–H groups in total. The smallest absolute Gasteiger partial charge is 0.343 e. The van der Waals surface area contributed by atoms with Crippen LogP contribution >= 0.6 is 23.2 Å². The van der Waals surface area contributed by atoms with E-state index in [-0.39, 0.29) is 27.8 Å². The molecule has 3 amide bonds. The molecule has 8 nitrogen and oxygen atoms in total. The molecular formula is C31H24Cl2N2O6. The molecule has 41 heavy (non-hydrogen) atoms. The highest BCUT2D eigenvalue weighted by Gasteiger charge is 2.53. The number of ketones is 1. The maximum absolute atomic E-state index is 13.7. The predicted octanol–water partition coefficient (Wildman–Crippen LogP) is 5.65. The van der Waals surface area contributed by atoms with Crippen molar-refractivity contribution < 1.29 is 28.7 Å². The fourth-order valence-electron chi connectivity index (χ4n) is 5.08. The second-order valence-corrected chi connectivity index (χ2v) is 10.7. The van der Waals surface area contributed by atoms with E-state index in [9.17, 15) is 24.0 Å². The first kappa shape index (κ1) is 28.3. The van der Waals surface area contributed by atoms with Crippen LogP contribution in [0, 0.1) is 17.8 Å². The van der Waals surface area contributed by atoms with Gasteiger partial charge in [-0.2, -0.15) is 5.01 Å². The normalized spacial score (nSPS) is 19.6. The van der Waals surface area contributed by atoms with Crippen LogP contribution in [0.15, 0.2) is 84.9 Å². The third-order valence-electron chi connectivity index (χ3n) is 7.18. The highest BCUT2D eigenvalue weighted by atomic mass is 35.5. The summed E-state index contributed by atoms with van der Waals surface area (Å²) in [6.07, 6.45) is 4.08. The quantitative estimate of drug-likeness (QED) is 0.116. The number of imide groups is 1. The molecule has 3 aromatic rings. The number of benzene rings is 3. The molecule has 1 fully saturated rings. The summed E-state index contributed by atoms with van der Waals surface area (Å²) in [5, 5.41) is 1.95. The monoisotopic (exact) mass is 590 g/mol. The number of fused-ring (bicyclic) bond motifs is 1. The molecule has 2 aliphatic rings. The van der Waals surface area contributed by atoms with Gasteiger partial charge in [0.2, 0.25) is 0 Å². The van der Waals surface area contributed by atoms with E-state index < -0.39 is 47.9 Å². The van der Waals surface area contributed by atoms with Crippen LogP contribution in [0.4, 0.5) is 0 Å². The Morgan fingerprint density at radius 3 is 2.29 bits per heavy atom. The topological polar surface area (TPSA) is 101 Å². The Kier molecular flexibility index (Phi) is 8.06. The Bertz CT molecular complexity index is 1570. The molecule has 0 bridgehead atoms. The predicted molar refractivity (Wildman–Crippen MR) is 151 cm³/mol. The van der Waals surface area contributed by atoms with Crippen LogP contribution in [0.3, 0.4) is 0 Å². The summed E-state index contributed by atoms with van der Waals surface area (Å²) in [5.41, 5.74) is 0.525. The van der Waals surface area contributed by atoms with Crippen molar-refractivity contribution in [3.05, 3.63) is 112 Å². The van der Waals surface area contributed by atoms with Crippen LogP contribution in [0.25, 0.3) is 0 Å². The fourth-order valence-corrected chi connectivity index (χ4v) is 5.57. The zero-order valence-corrected chi connectivity index (χ0v) is 23.3. The lowest BCUT2D eigenvalue weighted by atomic mass is 9.78. The van der Waals surface area contributed by atoms with Gasteiger partial charge in [0.05, 0.1) is 28.0 Å². The molecule has 0 radical (unpaired) electrons. The molecule has 3 atom stereocenters. The molecule has 1 aliphatic carbocycles. The summed E-state index contributed by atoms with van der Waals surface area (Å²) in [7, 11) is 0. The van der Waals surface area contributed by atoms with Gasteiger partial charge in [0.15, 0.2) is 5.78 Å². The van der Waals surface area contributed by atoms with Crippen molar-refractivity contribution in [2.75, 3.05) is 6.54 Å². The van der Waals surface area contributed by atoms with E-state index in [1.54, 1.807) is 30.3 Å². The van der Waals surface area contributed by atoms with Gasteiger partial charge in [0, 0.05) is 10.6 Å². The largest absolute Gasteiger partial charge is 0.423 e. The summed E-state index contributed by atoms with van der Waals surface area (Å²) < 4.78 is 5.37. The number of hydrogen-bond acceptors (Lipinski definition) is 6. The average Bonchev–Trinajstić information content (AvgIpc) is 3.22. The number of nitrogens with zero attached hydrogens (tertiary/aromatic N) is 2. The maximum Gasteiger partial charge on any atom is 0.343 e. The molecule has 0 spiro atoms. The number of halogens is 2. The number of carbonyl (C=O) groups is 5. The lowest BCUT2D eigenvalue weighted by Crippen LogP contribution is -2.52. The number of esters is 1. The van der Waals surface area contributed by atoms with Gasteiger partial charge in [0.1, 0.15) is 12.3 Å². The van der Waals surface area contributed by atoms with Gasteiger partial charge in [-0.25, -0.2) is 9.80 Å². The van der Waals surface area contributed by atoms with Crippen LogP contribution in [0.5, 0.6) is 5.75 Å². The summed E-state index contributed by atoms with van der Waals surface area (Å²) in [4.78, 5) is 66.5. The molecule has 10 heteroatoms. The van der Waals surface area contributed by atoms with Crippen LogP contribution < -0.4 is 4.74 Å². The van der Waals surface area contributed by atoms with Gasteiger partial charge in [-0.05, 0) is 66.9 Å². The number of carbonyl (C=O) groups excluding carboxylic acids is 5. The molecule has 208 valence electrons. The second-order valence-electron chi connectivity index (χ2n) is 9.83. The summed E-state index contributed by atoms with van der Waals surface area (Å²) in [5.74, 6) is -4.28. The van der Waals surface area contributed by atoms with Gasteiger partial charge in [-0.1, -0.05) is 60.5 Å². The second kappa shape index (κ2) is 11.7. The number of hydrazine groups is 1. The van der Waals surface area contributed by atoms with Gasteiger partial charge in [0.25, 0.3) is 17.7 Å². The molecule has 5 rings (SSSR count). The van der Waals surface area contributed by atoms with E-state index in [4.69, 9.17) is 27.9 Å². The molecule has 3 aromatic carbocycles. The van der Waals surface area contributed by atoms with E-state index in [0.29, 0.717) is 17.0 Å². The Balaban J connectivity index is 1.41. The number of amides is 3. The third kappa shape index (κ3) is 5.66. The van der Waals surface area contributed by atoms with Gasteiger partial charge in [-0.3, -0.25) is 19.2 Å². The highest BCUT2D eigenvalue weighted by molar-refractivity contribution is 6.36.